The molecule has 7 nitrogen and oxygen atoms in total. The molecule has 26 heavy (non-hydrogen) atoms. The average molecular weight is 354 g/mol. The molecule has 1 unspecified atom stereocenters. The number of benzene rings is 2. The highest BCUT2D eigenvalue weighted by molar-refractivity contribution is 6.05. The number of amides is 1. The Hall–Kier alpha value is -3.19. The van der Waals surface area contributed by atoms with Crippen molar-refractivity contribution >= 4 is 17.8 Å². The fraction of sp³-hybridized carbons (Fsp3) is 0.211. The molecule has 0 saturated heterocycles. The Kier molecular flexibility index (Phi) is 6.46. The molecular formula is C19H22N4O3. The largest absolute Gasteiger partial charge is 0.480 e. The molecular weight excluding hydrogens is 332 g/mol. The minimum atomic E-state index is -1.07. The number of carboxylic acids is 1. The summed E-state index contributed by atoms with van der Waals surface area (Å²) in [5, 5.41) is 11.4. The number of carbonyl (C=O) groups is 2. The summed E-state index contributed by atoms with van der Waals surface area (Å²) in [5.74, 6) is -1.41. The lowest BCUT2D eigenvalue weighted by Crippen LogP contribution is -2.36. The molecule has 0 bridgehead atoms. The summed E-state index contributed by atoms with van der Waals surface area (Å²) in [6, 6.07) is 13.3. The van der Waals surface area contributed by atoms with Crippen LogP contribution < -0.4 is 16.8 Å². The quantitative estimate of drug-likeness (QED) is 0.457. The Balaban J connectivity index is 1.95. The summed E-state index contributed by atoms with van der Waals surface area (Å²) >= 11 is 0. The molecule has 2 rings (SSSR count). The summed E-state index contributed by atoms with van der Waals surface area (Å²) in [6.45, 7) is 2.36. The van der Waals surface area contributed by atoms with Gasteiger partial charge in [-0.15, -0.1) is 0 Å². The molecule has 0 saturated carbocycles. The molecule has 7 heteroatoms. The first kappa shape index (κ1) is 19.1. The Labute approximate surface area is 151 Å². The van der Waals surface area contributed by atoms with Gasteiger partial charge in [-0.05, 0) is 42.2 Å². The van der Waals surface area contributed by atoms with E-state index in [1.807, 2.05) is 31.2 Å². The lowest BCUT2D eigenvalue weighted by atomic mass is 10.0. The number of rotatable bonds is 6. The number of aryl methyl sites for hydroxylation is 1. The molecule has 6 N–H and O–H groups in total. The highest BCUT2D eigenvalue weighted by Gasteiger charge is 2.13. The molecule has 0 radical (unpaired) electrons. The van der Waals surface area contributed by atoms with E-state index in [4.69, 9.17) is 16.6 Å². The zero-order valence-corrected chi connectivity index (χ0v) is 14.5. The van der Waals surface area contributed by atoms with Crippen LogP contribution in [0.4, 0.5) is 0 Å². The topological polar surface area (TPSA) is 131 Å². The van der Waals surface area contributed by atoms with Crippen LogP contribution in [-0.2, 0) is 17.8 Å². The van der Waals surface area contributed by atoms with Crippen molar-refractivity contribution in [1.82, 2.24) is 5.32 Å². The van der Waals surface area contributed by atoms with E-state index in [9.17, 15) is 9.59 Å². The van der Waals surface area contributed by atoms with Crippen molar-refractivity contribution in [2.75, 3.05) is 0 Å². The van der Waals surface area contributed by atoms with Crippen LogP contribution in [0.25, 0.3) is 0 Å². The number of carbonyl (C=O) groups excluding carboxylic acids is 1. The summed E-state index contributed by atoms with van der Waals surface area (Å²) in [5.41, 5.74) is 14.5. The van der Waals surface area contributed by atoms with Crippen LogP contribution in [0.15, 0.2) is 53.5 Å². The Morgan fingerprint density at radius 1 is 1.15 bits per heavy atom. The van der Waals surface area contributed by atoms with Gasteiger partial charge in [-0.1, -0.05) is 36.4 Å². The maximum atomic E-state index is 12.2. The molecule has 2 aromatic carbocycles. The lowest BCUT2D eigenvalue weighted by Gasteiger charge is -2.08. The van der Waals surface area contributed by atoms with Crippen LogP contribution in [0.3, 0.4) is 0 Å². The second kappa shape index (κ2) is 8.77. The lowest BCUT2D eigenvalue weighted by molar-refractivity contribution is -0.138. The van der Waals surface area contributed by atoms with Crippen molar-refractivity contribution in [2.45, 2.75) is 25.9 Å². The number of nitrogens with zero attached hydrogens (tertiary/aromatic N) is 1. The third kappa shape index (κ3) is 5.42. The predicted molar refractivity (Wildman–Crippen MR) is 99.7 cm³/mol. The highest BCUT2D eigenvalue weighted by Crippen LogP contribution is 2.08. The van der Waals surface area contributed by atoms with Gasteiger partial charge in [0.05, 0.1) is 6.54 Å². The number of nitrogens with two attached hydrogens (primary N) is 2. The molecule has 2 aromatic rings. The predicted octanol–water partition coefficient (Wildman–Crippen LogP) is 1.19. The molecule has 0 aromatic heterocycles. The van der Waals surface area contributed by atoms with Gasteiger partial charge >= 0.3 is 5.97 Å². The zero-order chi connectivity index (χ0) is 19.1. The zero-order valence-electron chi connectivity index (χ0n) is 14.5. The fourth-order valence-corrected chi connectivity index (χ4v) is 2.32. The molecule has 0 aliphatic carbocycles. The van der Waals surface area contributed by atoms with Crippen LogP contribution in [0.1, 0.15) is 27.0 Å². The molecule has 0 fully saturated rings. The van der Waals surface area contributed by atoms with Crippen molar-refractivity contribution < 1.29 is 14.7 Å². The molecule has 0 aliphatic heterocycles. The first-order chi connectivity index (χ1) is 12.4. The fourth-order valence-electron chi connectivity index (χ4n) is 2.32. The van der Waals surface area contributed by atoms with Gasteiger partial charge in [-0.25, -0.2) is 4.99 Å². The second-order valence-corrected chi connectivity index (χ2v) is 5.93. The standard InChI is InChI=1S/C19H22N4O3/c1-12-4-2-3-5-15(12)11-22-19(21)23-17(24)14-8-6-13(7-9-14)10-16(20)18(25)26/h2-9,16H,10-11,20H2,1H3,(H,25,26)(H3,21,22,23,24). The Morgan fingerprint density at radius 3 is 2.42 bits per heavy atom. The molecule has 0 aliphatic rings. The summed E-state index contributed by atoms with van der Waals surface area (Å²) in [6.07, 6.45) is 0.192. The van der Waals surface area contributed by atoms with Gasteiger partial charge in [0, 0.05) is 5.56 Å². The van der Waals surface area contributed by atoms with E-state index in [1.165, 1.54) is 0 Å². The van der Waals surface area contributed by atoms with E-state index >= 15 is 0 Å². The first-order valence-electron chi connectivity index (χ1n) is 8.10. The SMILES string of the molecule is Cc1ccccc1CN=C(N)NC(=O)c1ccc(CC(N)C(=O)O)cc1. The van der Waals surface area contributed by atoms with Gasteiger partial charge < -0.3 is 16.6 Å². The van der Waals surface area contributed by atoms with E-state index in [0.717, 1.165) is 16.7 Å². The maximum Gasteiger partial charge on any atom is 0.320 e. The number of hydrogen-bond donors (Lipinski definition) is 4. The smallest absolute Gasteiger partial charge is 0.320 e. The van der Waals surface area contributed by atoms with Crippen LogP contribution >= 0.6 is 0 Å². The van der Waals surface area contributed by atoms with E-state index in [0.29, 0.717) is 12.1 Å². The number of carboxylic acid groups (broad SMARTS) is 1. The summed E-state index contributed by atoms with van der Waals surface area (Å²) in [4.78, 5) is 27.1. The monoisotopic (exact) mass is 354 g/mol. The van der Waals surface area contributed by atoms with E-state index in [-0.39, 0.29) is 18.3 Å². The average Bonchev–Trinajstić information content (AvgIpc) is 2.61. The Bertz CT molecular complexity index is 816. The van der Waals surface area contributed by atoms with Crippen molar-refractivity contribution in [3.05, 3.63) is 70.8 Å². The van der Waals surface area contributed by atoms with E-state index in [1.54, 1.807) is 24.3 Å². The third-order valence-electron chi connectivity index (χ3n) is 3.91. The van der Waals surface area contributed by atoms with Crippen molar-refractivity contribution in [3.8, 4) is 0 Å². The van der Waals surface area contributed by atoms with Crippen LogP contribution in [-0.4, -0.2) is 29.0 Å². The number of nitrogens with one attached hydrogen (secondary N) is 1. The van der Waals surface area contributed by atoms with Crippen molar-refractivity contribution in [3.63, 3.8) is 0 Å². The van der Waals surface area contributed by atoms with Crippen LogP contribution in [0.2, 0.25) is 0 Å². The normalized spacial score (nSPS) is 12.5. The molecule has 1 amide bonds. The van der Waals surface area contributed by atoms with Gasteiger partial charge in [-0.2, -0.15) is 0 Å². The van der Waals surface area contributed by atoms with E-state index < -0.39 is 12.0 Å². The maximum absolute atomic E-state index is 12.2. The molecule has 1 atom stereocenters. The van der Waals surface area contributed by atoms with Gasteiger partial charge in [0.15, 0.2) is 5.96 Å². The second-order valence-electron chi connectivity index (χ2n) is 5.93. The minimum Gasteiger partial charge on any atom is -0.480 e. The Morgan fingerprint density at radius 2 is 1.81 bits per heavy atom. The summed E-state index contributed by atoms with van der Waals surface area (Å²) in [7, 11) is 0. The van der Waals surface area contributed by atoms with Gasteiger partial charge in [0.25, 0.3) is 5.91 Å². The van der Waals surface area contributed by atoms with E-state index in [2.05, 4.69) is 10.3 Å². The molecule has 0 heterocycles. The molecule has 0 spiro atoms. The number of aliphatic carboxylic acids is 1. The van der Waals surface area contributed by atoms with Gasteiger partial charge in [0.1, 0.15) is 6.04 Å². The third-order valence-corrected chi connectivity index (χ3v) is 3.91. The minimum absolute atomic E-state index is 0.0372. The summed E-state index contributed by atoms with van der Waals surface area (Å²) < 4.78 is 0. The van der Waals surface area contributed by atoms with Crippen LogP contribution in [0.5, 0.6) is 0 Å². The van der Waals surface area contributed by atoms with Crippen LogP contribution in [0, 0.1) is 6.92 Å². The van der Waals surface area contributed by atoms with Gasteiger partial charge in [-0.3, -0.25) is 14.9 Å². The van der Waals surface area contributed by atoms with Gasteiger partial charge in [0.2, 0.25) is 0 Å². The highest BCUT2D eigenvalue weighted by atomic mass is 16.4. The number of aliphatic imine (C=N–C) groups is 1. The molecule has 136 valence electrons. The van der Waals surface area contributed by atoms with Crippen molar-refractivity contribution in [1.29, 1.82) is 0 Å². The number of hydrogen-bond acceptors (Lipinski definition) is 4. The number of guanidine groups is 1. The first-order valence-corrected chi connectivity index (χ1v) is 8.10. The van der Waals surface area contributed by atoms with Crippen molar-refractivity contribution in [2.24, 2.45) is 16.5 Å².